The predicted octanol–water partition coefficient (Wildman–Crippen LogP) is -0.385. The molecular weight excluding hydrogens is 212 g/mol. The van der Waals surface area contributed by atoms with Crippen LogP contribution in [0.15, 0.2) is 30.3 Å². The van der Waals surface area contributed by atoms with Crippen molar-refractivity contribution in [2.45, 2.75) is 18.3 Å². The maximum Gasteiger partial charge on any atom is 0.337 e. The largest absolute Gasteiger partial charge is 0.467 e. The molecule has 0 aliphatic rings. The Kier molecular flexibility index (Phi) is 4.42. The van der Waals surface area contributed by atoms with E-state index in [9.17, 15) is 20.1 Å². The average Bonchev–Trinajstić information content (AvgIpc) is 2.36. The van der Waals surface area contributed by atoms with E-state index in [2.05, 4.69) is 4.74 Å². The molecule has 0 heterocycles. The van der Waals surface area contributed by atoms with Crippen LogP contribution in [0.5, 0.6) is 0 Å². The molecule has 0 aromatic heterocycles. The number of aliphatic hydroxyl groups is 3. The van der Waals surface area contributed by atoms with Gasteiger partial charge in [-0.1, -0.05) is 30.3 Å². The third kappa shape index (κ3) is 2.79. The molecule has 0 aliphatic carbocycles. The van der Waals surface area contributed by atoms with Crippen molar-refractivity contribution in [2.24, 2.45) is 0 Å². The Morgan fingerprint density at radius 2 is 1.75 bits per heavy atom. The molecule has 0 saturated carbocycles. The molecule has 1 aromatic rings. The zero-order chi connectivity index (χ0) is 12.1. The fourth-order valence-corrected chi connectivity index (χ4v) is 1.28. The van der Waals surface area contributed by atoms with Crippen LogP contribution in [0.4, 0.5) is 0 Å². The van der Waals surface area contributed by atoms with E-state index >= 15 is 0 Å². The molecule has 1 rings (SSSR count). The van der Waals surface area contributed by atoms with Crippen LogP contribution in [0.1, 0.15) is 11.7 Å². The molecule has 0 radical (unpaired) electrons. The highest BCUT2D eigenvalue weighted by Crippen LogP contribution is 2.19. The molecule has 0 unspecified atom stereocenters. The number of methoxy groups -OCH3 is 1. The smallest absolute Gasteiger partial charge is 0.337 e. The lowest BCUT2D eigenvalue weighted by Crippen LogP contribution is -2.38. The first kappa shape index (κ1) is 12.6. The molecule has 0 bridgehead atoms. The number of esters is 1. The Hall–Kier alpha value is -1.43. The summed E-state index contributed by atoms with van der Waals surface area (Å²) in [5, 5.41) is 28.6. The third-order valence-corrected chi connectivity index (χ3v) is 2.23. The maximum atomic E-state index is 10.9. The van der Waals surface area contributed by atoms with Crippen molar-refractivity contribution in [3.63, 3.8) is 0 Å². The fraction of sp³-hybridized carbons (Fsp3) is 0.364. The van der Waals surface area contributed by atoms with Crippen LogP contribution in [-0.2, 0) is 9.53 Å². The first-order valence-corrected chi connectivity index (χ1v) is 4.75. The Morgan fingerprint density at radius 1 is 1.19 bits per heavy atom. The number of ether oxygens (including phenoxy) is 1. The quantitative estimate of drug-likeness (QED) is 0.609. The first-order chi connectivity index (χ1) is 7.57. The second kappa shape index (κ2) is 5.60. The lowest BCUT2D eigenvalue weighted by Gasteiger charge is -2.21. The van der Waals surface area contributed by atoms with Crippen LogP contribution in [0, 0.1) is 0 Å². The Bertz CT molecular complexity index is 337. The van der Waals surface area contributed by atoms with Gasteiger partial charge in [-0.05, 0) is 5.56 Å². The molecule has 0 fully saturated rings. The first-order valence-electron chi connectivity index (χ1n) is 4.75. The highest BCUT2D eigenvalue weighted by molar-refractivity contribution is 5.75. The van der Waals surface area contributed by atoms with Crippen molar-refractivity contribution in [2.75, 3.05) is 7.11 Å². The van der Waals surface area contributed by atoms with E-state index in [-0.39, 0.29) is 0 Å². The summed E-state index contributed by atoms with van der Waals surface area (Å²) in [4.78, 5) is 10.9. The highest BCUT2D eigenvalue weighted by Gasteiger charge is 2.31. The van der Waals surface area contributed by atoms with Crippen molar-refractivity contribution in [3.8, 4) is 0 Å². The van der Waals surface area contributed by atoms with Crippen molar-refractivity contribution in [1.29, 1.82) is 0 Å². The third-order valence-electron chi connectivity index (χ3n) is 2.23. The molecule has 0 spiro atoms. The monoisotopic (exact) mass is 226 g/mol. The van der Waals surface area contributed by atoms with Crippen molar-refractivity contribution in [1.82, 2.24) is 0 Å². The van der Waals surface area contributed by atoms with Gasteiger partial charge in [0.15, 0.2) is 6.10 Å². The van der Waals surface area contributed by atoms with Crippen molar-refractivity contribution in [3.05, 3.63) is 35.9 Å². The Morgan fingerprint density at radius 3 is 2.25 bits per heavy atom. The number of carbonyl (C=O) groups excluding carboxylic acids is 1. The van der Waals surface area contributed by atoms with Crippen LogP contribution in [0.25, 0.3) is 0 Å². The summed E-state index contributed by atoms with van der Waals surface area (Å²) in [6.07, 6.45) is -4.72. The molecule has 88 valence electrons. The minimum absolute atomic E-state index is 0.415. The lowest BCUT2D eigenvalue weighted by molar-refractivity contribution is -0.161. The molecule has 3 N–H and O–H groups in total. The molecule has 1 aromatic carbocycles. The van der Waals surface area contributed by atoms with E-state index in [1.165, 1.54) is 0 Å². The van der Waals surface area contributed by atoms with Gasteiger partial charge in [0.1, 0.15) is 12.2 Å². The summed E-state index contributed by atoms with van der Waals surface area (Å²) in [6, 6.07) is 8.26. The van der Waals surface area contributed by atoms with E-state index in [4.69, 9.17) is 0 Å². The van der Waals surface area contributed by atoms with Crippen LogP contribution in [0.2, 0.25) is 0 Å². The zero-order valence-corrected chi connectivity index (χ0v) is 8.78. The standard InChI is InChI=1S/C11H14O5/c1-16-11(15)10(14)9(13)8(12)7-5-3-2-4-6-7/h2-6,8-10,12-14H,1H3/t8-,9+,10-/m0/s1. The number of carbonyl (C=O) groups is 1. The minimum atomic E-state index is -1.76. The second-order valence-corrected chi connectivity index (χ2v) is 3.31. The van der Waals surface area contributed by atoms with Gasteiger partial charge in [0.2, 0.25) is 0 Å². The molecule has 0 saturated heterocycles. The van der Waals surface area contributed by atoms with Crippen LogP contribution >= 0.6 is 0 Å². The Balaban J connectivity index is 2.74. The molecule has 0 aliphatic heterocycles. The summed E-state index contributed by atoms with van der Waals surface area (Å²) >= 11 is 0. The normalized spacial score (nSPS) is 16.2. The van der Waals surface area contributed by atoms with E-state index in [0.717, 1.165) is 7.11 Å². The zero-order valence-electron chi connectivity index (χ0n) is 8.78. The average molecular weight is 226 g/mol. The van der Waals surface area contributed by atoms with Crippen LogP contribution in [-0.4, -0.2) is 40.6 Å². The minimum Gasteiger partial charge on any atom is -0.467 e. The van der Waals surface area contributed by atoms with E-state index in [1.54, 1.807) is 30.3 Å². The lowest BCUT2D eigenvalue weighted by atomic mass is 10.0. The number of benzene rings is 1. The van der Waals surface area contributed by atoms with Gasteiger partial charge in [-0.15, -0.1) is 0 Å². The Labute approximate surface area is 92.9 Å². The van der Waals surface area contributed by atoms with Gasteiger partial charge in [-0.25, -0.2) is 4.79 Å². The SMILES string of the molecule is COC(=O)[C@@H](O)[C@H](O)[C@@H](O)c1ccccc1. The summed E-state index contributed by atoms with van der Waals surface area (Å²) < 4.78 is 4.26. The van der Waals surface area contributed by atoms with Crippen molar-refractivity contribution < 1.29 is 24.9 Å². The number of hydrogen-bond donors (Lipinski definition) is 3. The van der Waals surface area contributed by atoms with Gasteiger partial charge in [-0.2, -0.15) is 0 Å². The van der Waals surface area contributed by atoms with Crippen LogP contribution in [0.3, 0.4) is 0 Å². The van der Waals surface area contributed by atoms with Crippen molar-refractivity contribution >= 4 is 5.97 Å². The second-order valence-electron chi connectivity index (χ2n) is 3.31. The van der Waals surface area contributed by atoms with Gasteiger partial charge in [-0.3, -0.25) is 0 Å². The fourth-order valence-electron chi connectivity index (χ4n) is 1.28. The number of rotatable bonds is 4. The maximum absolute atomic E-state index is 10.9. The summed E-state index contributed by atoms with van der Waals surface area (Å²) in [6.45, 7) is 0. The summed E-state index contributed by atoms with van der Waals surface area (Å²) in [5.41, 5.74) is 0.415. The van der Waals surface area contributed by atoms with E-state index in [0.29, 0.717) is 5.56 Å². The highest BCUT2D eigenvalue weighted by atomic mass is 16.5. The molecule has 5 nitrogen and oxygen atoms in total. The van der Waals surface area contributed by atoms with Crippen LogP contribution < -0.4 is 0 Å². The molecule has 3 atom stereocenters. The van der Waals surface area contributed by atoms with E-state index < -0.39 is 24.3 Å². The van der Waals surface area contributed by atoms with E-state index in [1.807, 2.05) is 0 Å². The summed E-state index contributed by atoms with van der Waals surface area (Å²) in [7, 11) is 1.09. The number of aliphatic hydroxyl groups excluding tert-OH is 3. The molecule has 0 amide bonds. The van der Waals surface area contributed by atoms with Gasteiger partial charge in [0.05, 0.1) is 7.11 Å². The summed E-state index contributed by atoms with van der Waals surface area (Å²) in [5.74, 6) is -0.984. The predicted molar refractivity (Wildman–Crippen MR) is 55.4 cm³/mol. The van der Waals surface area contributed by atoms with Gasteiger partial charge >= 0.3 is 5.97 Å². The van der Waals surface area contributed by atoms with Gasteiger partial charge in [0, 0.05) is 0 Å². The molecule has 16 heavy (non-hydrogen) atoms. The number of hydrogen-bond acceptors (Lipinski definition) is 5. The van der Waals surface area contributed by atoms with Gasteiger partial charge < -0.3 is 20.1 Å². The molecule has 5 heteroatoms. The topological polar surface area (TPSA) is 87.0 Å². The molecular formula is C11H14O5. The van der Waals surface area contributed by atoms with Gasteiger partial charge in [0.25, 0.3) is 0 Å².